The van der Waals surface area contributed by atoms with E-state index in [0.29, 0.717) is 12.0 Å². The van der Waals surface area contributed by atoms with Gasteiger partial charge in [0.1, 0.15) is 0 Å². The van der Waals surface area contributed by atoms with Crippen LogP contribution < -0.4 is 5.32 Å². The van der Waals surface area contributed by atoms with E-state index in [-0.39, 0.29) is 0 Å². The normalized spacial score (nSPS) is 18.2. The average molecular weight is 265 g/mol. The molecule has 1 nitrogen and oxygen atoms in total. The monoisotopic (exact) mass is 265 g/mol. The molecule has 0 saturated heterocycles. The van der Waals surface area contributed by atoms with Gasteiger partial charge in [-0.1, -0.05) is 55.5 Å². The summed E-state index contributed by atoms with van der Waals surface area (Å²) in [4.78, 5) is 0. The highest BCUT2D eigenvalue weighted by atomic mass is 14.9. The molecule has 2 aromatic rings. The van der Waals surface area contributed by atoms with E-state index in [1.165, 1.54) is 28.7 Å². The third-order valence-corrected chi connectivity index (χ3v) is 4.52. The minimum Gasteiger partial charge on any atom is -0.310 e. The lowest BCUT2D eigenvalue weighted by molar-refractivity contribution is 0.489. The number of aryl methyl sites for hydroxylation is 1. The van der Waals surface area contributed by atoms with E-state index < -0.39 is 0 Å². The molecular weight excluding hydrogens is 242 g/mol. The van der Waals surface area contributed by atoms with Crippen LogP contribution in [0.4, 0.5) is 0 Å². The molecule has 1 N–H and O–H groups in total. The summed E-state index contributed by atoms with van der Waals surface area (Å²) in [7, 11) is 0. The lowest BCUT2D eigenvalue weighted by Crippen LogP contribution is -2.30. The Morgan fingerprint density at radius 1 is 1.10 bits per heavy atom. The van der Waals surface area contributed by atoms with Crippen LogP contribution in [-0.2, 0) is 12.8 Å². The van der Waals surface area contributed by atoms with Crippen LogP contribution >= 0.6 is 0 Å². The van der Waals surface area contributed by atoms with Gasteiger partial charge in [-0.3, -0.25) is 0 Å². The van der Waals surface area contributed by atoms with Crippen molar-refractivity contribution in [2.75, 3.05) is 6.54 Å². The van der Waals surface area contributed by atoms with Crippen LogP contribution in [0.3, 0.4) is 0 Å². The van der Waals surface area contributed by atoms with Crippen molar-refractivity contribution in [3.63, 3.8) is 0 Å². The second kappa shape index (κ2) is 5.80. The van der Waals surface area contributed by atoms with Crippen LogP contribution in [0, 0.1) is 0 Å². The molecule has 1 aliphatic rings. The molecule has 3 rings (SSSR count). The molecule has 2 aromatic carbocycles. The van der Waals surface area contributed by atoms with Crippen LogP contribution in [0.15, 0.2) is 48.5 Å². The van der Waals surface area contributed by atoms with E-state index in [4.69, 9.17) is 0 Å². The average Bonchev–Trinajstić information content (AvgIpc) is 2.48. The minimum atomic E-state index is 0.425. The van der Waals surface area contributed by atoms with Crippen molar-refractivity contribution < 1.29 is 0 Å². The summed E-state index contributed by atoms with van der Waals surface area (Å²) in [5, 5.41) is 3.68. The number of benzene rings is 2. The van der Waals surface area contributed by atoms with Gasteiger partial charge >= 0.3 is 0 Å². The number of hydrogen-bond acceptors (Lipinski definition) is 1. The van der Waals surface area contributed by atoms with E-state index in [0.717, 1.165) is 13.0 Å². The van der Waals surface area contributed by atoms with Crippen LogP contribution in [-0.4, -0.2) is 6.54 Å². The van der Waals surface area contributed by atoms with Crippen LogP contribution in [0.25, 0.3) is 0 Å². The maximum Gasteiger partial charge on any atom is 0.0292 e. The molecule has 0 spiro atoms. The largest absolute Gasteiger partial charge is 0.310 e. The highest BCUT2D eigenvalue weighted by Gasteiger charge is 2.25. The SMILES string of the molecule is CCc1ccc(C(C)NCC2Cc3ccccc32)cc1. The molecule has 0 amide bonds. The Kier molecular flexibility index (Phi) is 3.88. The first-order valence-corrected chi connectivity index (χ1v) is 7.68. The summed E-state index contributed by atoms with van der Waals surface area (Å²) in [6.07, 6.45) is 2.34. The van der Waals surface area contributed by atoms with Gasteiger partial charge in [0, 0.05) is 18.5 Å². The Labute approximate surface area is 122 Å². The Morgan fingerprint density at radius 3 is 2.55 bits per heavy atom. The molecule has 0 aliphatic heterocycles. The third kappa shape index (κ3) is 2.64. The first kappa shape index (κ1) is 13.4. The molecule has 1 heteroatoms. The molecular formula is C19H23N. The van der Waals surface area contributed by atoms with E-state index in [9.17, 15) is 0 Å². The maximum absolute atomic E-state index is 3.68. The molecule has 20 heavy (non-hydrogen) atoms. The second-order valence-corrected chi connectivity index (χ2v) is 5.82. The molecule has 0 aromatic heterocycles. The molecule has 0 fully saturated rings. The summed E-state index contributed by atoms with van der Waals surface area (Å²) in [6, 6.07) is 18.2. The van der Waals surface area contributed by atoms with Gasteiger partial charge < -0.3 is 5.32 Å². The summed E-state index contributed by atoms with van der Waals surface area (Å²) < 4.78 is 0. The van der Waals surface area contributed by atoms with Crippen molar-refractivity contribution in [3.8, 4) is 0 Å². The molecule has 0 heterocycles. The highest BCUT2D eigenvalue weighted by molar-refractivity contribution is 5.40. The summed E-state index contributed by atoms with van der Waals surface area (Å²) in [5.41, 5.74) is 5.86. The predicted octanol–water partition coefficient (Wildman–Crippen LogP) is 4.24. The highest BCUT2D eigenvalue weighted by Crippen LogP contribution is 2.34. The molecule has 0 saturated carbocycles. The molecule has 2 atom stereocenters. The third-order valence-electron chi connectivity index (χ3n) is 4.52. The van der Waals surface area contributed by atoms with Crippen LogP contribution in [0.2, 0.25) is 0 Å². The van der Waals surface area contributed by atoms with Gasteiger partial charge in [0.25, 0.3) is 0 Å². The van der Waals surface area contributed by atoms with Gasteiger partial charge in [0.15, 0.2) is 0 Å². The van der Waals surface area contributed by atoms with E-state index in [2.05, 4.69) is 67.7 Å². The number of hydrogen-bond donors (Lipinski definition) is 1. The van der Waals surface area contributed by atoms with Gasteiger partial charge in [-0.05, 0) is 42.0 Å². The van der Waals surface area contributed by atoms with Gasteiger partial charge in [-0.15, -0.1) is 0 Å². The van der Waals surface area contributed by atoms with Crippen molar-refractivity contribution >= 4 is 0 Å². The maximum atomic E-state index is 3.68. The molecule has 1 aliphatic carbocycles. The Morgan fingerprint density at radius 2 is 1.85 bits per heavy atom. The molecule has 0 radical (unpaired) electrons. The summed E-state index contributed by atoms with van der Waals surface area (Å²) >= 11 is 0. The number of fused-ring (bicyclic) bond motifs is 1. The quantitative estimate of drug-likeness (QED) is 0.852. The van der Waals surface area contributed by atoms with Crippen molar-refractivity contribution in [2.45, 2.75) is 38.6 Å². The van der Waals surface area contributed by atoms with Crippen molar-refractivity contribution in [1.82, 2.24) is 5.32 Å². The lowest BCUT2D eigenvalue weighted by atomic mass is 9.77. The van der Waals surface area contributed by atoms with Crippen LogP contribution in [0.1, 0.15) is 48.1 Å². The number of nitrogens with one attached hydrogen (secondary N) is 1. The fourth-order valence-electron chi connectivity index (χ4n) is 3.02. The molecule has 0 bridgehead atoms. The predicted molar refractivity (Wildman–Crippen MR) is 85.1 cm³/mol. The molecule has 104 valence electrons. The zero-order valence-corrected chi connectivity index (χ0v) is 12.4. The van der Waals surface area contributed by atoms with Crippen molar-refractivity contribution in [3.05, 3.63) is 70.8 Å². The van der Waals surface area contributed by atoms with Gasteiger partial charge in [-0.25, -0.2) is 0 Å². The van der Waals surface area contributed by atoms with E-state index in [1.807, 2.05) is 0 Å². The van der Waals surface area contributed by atoms with Gasteiger partial charge in [0.05, 0.1) is 0 Å². The van der Waals surface area contributed by atoms with Crippen LogP contribution in [0.5, 0.6) is 0 Å². The first-order chi connectivity index (χ1) is 9.78. The zero-order valence-electron chi connectivity index (χ0n) is 12.4. The first-order valence-electron chi connectivity index (χ1n) is 7.68. The molecule has 2 unspecified atom stereocenters. The van der Waals surface area contributed by atoms with Gasteiger partial charge in [0.2, 0.25) is 0 Å². The Balaban J connectivity index is 1.56. The second-order valence-electron chi connectivity index (χ2n) is 5.82. The summed E-state index contributed by atoms with van der Waals surface area (Å²) in [5.74, 6) is 0.698. The van der Waals surface area contributed by atoms with E-state index in [1.54, 1.807) is 0 Å². The Bertz CT molecular complexity index is 571. The minimum absolute atomic E-state index is 0.425. The fourth-order valence-corrected chi connectivity index (χ4v) is 3.02. The fraction of sp³-hybridized carbons (Fsp3) is 0.368. The summed E-state index contributed by atoms with van der Waals surface area (Å²) in [6.45, 7) is 5.53. The standard InChI is InChI=1S/C19H23N/c1-3-15-8-10-16(11-9-15)14(2)20-13-18-12-17-6-4-5-7-19(17)18/h4-11,14,18,20H,3,12-13H2,1-2H3. The zero-order chi connectivity index (χ0) is 13.9. The van der Waals surface area contributed by atoms with Gasteiger partial charge in [-0.2, -0.15) is 0 Å². The topological polar surface area (TPSA) is 12.0 Å². The number of rotatable bonds is 5. The lowest BCUT2D eigenvalue weighted by Gasteiger charge is -2.31. The smallest absolute Gasteiger partial charge is 0.0292 e. The van der Waals surface area contributed by atoms with Crippen molar-refractivity contribution in [1.29, 1.82) is 0 Å². The van der Waals surface area contributed by atoms with E-state index >= 15 is 0 Å². The Hall–Kier alpha value is -1.60. The van der Waals surface area contributed by atoms with Crippen molar-refractivity contribution in [2.24, 2.45) is 0 Å².